The summed E-state index contributed by atoms with van der Waals surface area (Å²) >= 11 is 0. The first-order valence-electron chi connectivity index (χ1n) is 5.94. The van der Waals surface area contributed by atoms with E-state index in [4.69, 9.17) is 5.11 Å². The molecular weight excluding hydrogens is 206 g/mol. The van der Waals surface area contributed by atoms with Crippen molar-refractivity contribution < 1.29 is 14.7 Å². The molecule has 16 heavy (non-hydrogen) atoms. The molecule has 1 aliphatic rings. The zero-order valence-corrected chi connectivity index (χ0v) is 10.3. The van der Waals surface area contributed by atoms with E-state index in [1.807, 2.05) is 0 Å². The number of carbonyl (C=O) groups is 2. The molecule has 0 radical (unpaired) electrons. The smallest absolute Gasteiger partial charge is 0.315 e. The van der Waals surface area contributed by atoms with E-state index in [-0.39, 0.29) is 11.9 Å². The lowest BCUT2D eigenvalue weighted by molar-refractivity contribution is -0.151. The summed E-state index contributed by atoms with van der Waals surface area (Å²) in [5.41, 5.74) is 0. The summed E-state index contributed by atoms with van der Waals surface area (Å²) in [4.78, 5) is 24.3. The summed E-state index contributed by atoms with van der Waals surface area (Å²) in [6.07, 6.45) is 4.47. The van der Waals surface area contributed by atoms with Crippen molar-refractivity contribution in [1.82, 2.24) is 4.90 Å². The molecule has 1 saturated carbocycles. The van der Waals surface area contributed by atoms with E-state index in [9.17, 15) is 9.59 Å². The first-order chi connectivity index (χ1) is 7.45. The fourth-order valence-corrected chi connectivity index (χ4v) is 2.45. The molecule has 0 bridgehead atoms. The van der Waals surface area contributed by atoms with Gasteiger partial charge in [-0.2, -0.15) is 0 Å². The molecule has 0 heterocycles. The lowest BCUT2D eigenvalue weighted by atomic mass is 9.84. The SMILES string of the molecule is CC(C(=O)O)C(=O)N(C)C1CCCCC1C. The van der Waals surface area contributed by atoms with Crippen LogP contribution in [0.2, 0.25) is 0 Å². The highest BCUT2D eigenvalue weighted by Crippen LogP contribution is 2.28. The normalized spacial score (nSPS) is 27.2. The van der Waals surface area contributed by atoms with Gasteiger partial charge in [-0.05, 0) is 25.7 Å². The zero-order chi connectivity index (χ0) is 12.3. The minimum atomic E-state index is -1.04. The van der Waals surface area contributed by atoms with Crippen LogP contribution in [0, 0.1) is 11.8 Å². The molecule has 1 N–H and O–H groups in total. The van der Waals surface area contributed by atoms with Gasteiger partial charge in [0.25, 0.3) is 0 Å². The van der Waals surface area contributed by atoms with Gasteiger partial charge < -0.3 is 10.0 Å². The third-order valence-corrected chi connectivity index (χ3v) is 3.65. The van der Waals surface area contributed by atoms with Gasteiger partial charge in [0.1, 0.15) is 5.92 Å². The molecule has 0 spiro atoms. The topological polar surface area (TPSA) is 57.6 Å². The van der Waals surface area contributed by atoms with Crippen LogP contribution < -0.4 is 0 Å². The van der Waals surface area contributed by atoms with Crippen molar-refractivity contribution in [1.29, 1.82) is 0 Å². The van der Waals surface area contributed by atoms with Crippen molar-refractivity contribution in [3.05, 3.63) is 0 Å². The average molecular weight is 227 g/mol. The van der Waals surface area contributed by atoms with E-state index < -0.39 is 11.9 Å². The van der Waals surface area contributed by atoms with Gasteiger partial charge in [0.15, 0.2) is 0 Å². The minimum Gasteiger partial charge on any atom is -0.481 e. The van der Waals surface area contributed by atoms with E-state index in [1.54, 1.807) is 11.9 Å². The van der Waals surface area contributed by atoms with Crippen molar-refractivity contribution in [3.8, 4) is 0 Å². The molecular formula is C12H21NO3. The molecule has 1 rings (SSSR count). The molecule has 1 amide bonds. The van der Waals surface area contributed by atoms with Gasteiger partial charge in [-0.15, -0.1) is 0 Å². The predicted molar refractivity (Wildman–Crippen MR) is 61.0 cm³/mol. The van der Waals surface area contributed by atoms with Crippen LogP contribution in [0.4, 0.5) is 0 Å². The number of hydrogen-bond acceptors (Lipinski definition) is 2. The molecule has 1 fully saturated rings. The molecule has 4 heteroatoms. The van der Waals surface area contributed by atoms with Gasteiger partial charge >= 0.3 is 5.97 Å². The van der Waals surface area contributed by atoms with Crippen LogP contribution in [0.5, 0.6) is 0 Å². The lowest BCUT2D eigenvalue weighted by Crippen LogP contribution is -2.46. The van der Waals surface area contributed by atoms with Crippen molar-refractivity contribution in [3.63, 3.8) is 0 Å². The van der Waals surface area contributed by atoms with Gasteiger partial charge in [0, 0.05) is 13.1 Å². The number of carboxylic acids is 1. The van der Waals surface area contributed by atoms with Crippen molar-refractivity contribution in [2.75, 3.05) is 7.05 Å². The van der Waals surface area contributed by atoms with Crippen molar-refractivity contribution in [2.24, 2.45) is 11.8 Å². The second kappa shape index (κ2) is 5.32. The quantitative estimate of drug-likeness (QED) is 0.747. The maximum absolute atomic E-state index is 11.9. The molecule has 1 aliphatic carbocycles. The van der Waals surface area contributed by atoms with E-state index in [1.165, 1.54) is 13.3 Å². The van der Waals surface area contributed by atoms with Gasteiger partial charge in [0.05, 0.1) is 0 Å². The number of nitrogens with zero attached hydrogens (tertiary/aromatic N) is 1. The molecule has 0 aliphatic heterocycles. The summed E-state index contributed by atoms with van der Waals surface area (Å²) < 4.78 is 0. The van der Waals surface area contributed by atoms with Crippen molar-refractivity contribution >= 4 is 11.9 Å². The summed E-state index contributed by atoms with van der Waals surface area (Å²) in [7, 11) is 1.73. The molecule has 3 atom stereocenters. The second-order valence-electron chi connectivity index (χ2n) is 4.84. The predicted octanol–water partition coefficient (Wildman–Crippen LogP) is 1.74. The van der Waals surface area contributed by atoms with E-state index in [0.29, 0.717) is 5.92 Å². The first-order valence-corrected chi connectivity index (χ1v) is 5.94. The number of hydrogen-bond donors (Lipinski definition) is 1. The number of aliphatic carboxylic acids is 1. The molecule has 0 aromatic carbocycles. The molecule has 4 nitrogen and oxygen atoms in total. The molecule has 92 valence electrons. The van der Waals surface area contributed by atoms with E-state index in [0.717, 1.165) is 19.3 Å². The number of carbonyl (C=O) groups excluding carboxylic acids is 1. The highest BCUT2D eigenvalue weighted by atomic mass is 16.4. The Balaban J connectivity index is 2.65. The molecule has 3 unspecified atom stereocenters. The standard InChI is InChI=1S/C12H21NO3/c1-8-6-4-5-7-10(8)13(3)11(14)9(2)12(15)16/h8-10H,4-7H2,1-3H3,(H,15,16). The average Bonchev–Trinajstić information content (AvgIpc) is 2.26. The Bertz CT molecular complexity index is 277. The molecule has 0 aromatic rings. The van der Waals surface area contributed by atoms with Gasteiger partial charge in [-0.3, -0.25) is 9.59 Å². The maximum Gasteiger partial charge on any atom is 0.315 e. The van der Waals surface area contributed by atoms with Gasteiger partial charge in [-0.25, -0.2) is 0 Å². The minimum absolute atomic E-state index is 0.211. The van der Waals surface area contributed by atoms with Crippen LogP contribution >= 0.6 is 0 Å². The Morgan fingerprint density at radius 3 is 2.38 bits per heavy atom. The van der Waals surface area contributed by atoms with Crippen molar-refractivity contribution in [2.45, 2.75) is 45.6 Å². The summed E-state index contributed by atoms with van der Waals surface area (Å²) in [5.74, 6) is -1.77. The fourth-order valence-electron chi connectivity index (χ4n) is 2.45. The number of rotatable bonds is 3. The Hall–Kier alpha value is -1.06. The Morgan fingerprint density at radius 1 is 1.31 bits per heavy atom. The molecule has 0 aromatic heterocycles. The summed E-state index contributed by atoms with van der Waals surface area (Å²) in [5, 5.41) is 8.82. The summed E-state index contributed by atoms with van der Waals surface area (Å²) in [6, 6.07) is 0.211. The van der Waals surface area contributed by atoms with E-state index in [2.05, 4.69) is 6.92 Å². The third kappa shape index (κ3) is 2.74. The third-order valence-electron chi connectivity index (χ3n) is 3.65. The van der Waals surface area contributed by atoms with Gasteiger partial charge in [-0.1, -0.05) is 19.8 Å². The van der Waals surface area contributed by atoms with Crippen LogP contribution in [-0.2, 0) is 9.59 Å². The zero-order valence-electron chi connectivity index (χ0n) is 10.3. The highest BCUT2D eigenvalue weighted by Gasteiger charge is 2.32. The van der Waals surface area contributed by atoms with Crippen LogP contribution in [0.15, 0.2) is 0 Å². The Kier molecular flexibility index (Phi) is 4.33. The monoisotopic (exact) mass is 227 g/mol. The van der Waals surface area contributed by atoms with E-state index >= 15 is 0 Å². The van der Waals surface area contributed by atoms with Gasteiger partial charge in [0.2, 0.25) is 5.91 Å². The number of amides is 1. The molecule has 0 saturated heterocycles. The first kappa shape index (κ1) is 13.0. The van der Waals surface area contributed by atoms with Crippen LogP contribution in [0.1, 0.15) is 39.5 Å². The Morgan fingerprint density at radius 2 is 1.88 bits per heavy atom. The summed E-state index contributed by atoms with van der Waals surface area (Å²) in [6.45, 7) is 3.59. The second-order valence-corrected chi connectivity index (χ2v) is 4.84. The van der Waals surface area contributed by atoms with Crippen LogP contribution in [-0.4, -0.2) is 35.0 Å². The largest absolute Gasteiger partial charge is 0.481 e. The van der Waals surface area contributed by atoms with Crippen LogP contribution in [0.25, 0.3) is 0 Å². The Labute approximate surface area is 96.6 Å². The lowest BCUT2D eigenvalue weighted by Gasteiger charge is -2.37. The fraction of sp³-hybridized carbons (Fsp3) is 0.833. The maximum atomic E-state index is 11.9. The highest BCUT2D eigenvalue weighted by molar-refractivity contribution is 5.96. The number of carboxylic acid groups (broad SMARTS) is 1. The van der Waals surface area contributed by atoms with Crippen LogP contribution in [0.3, 0.4) is 0 Å².